The lowest BCUT2D eigenvalue weighted by molar-refractivity contribution is -0.00374. The van der Waals surface area contributed by atoms with Gasteiger partial charge in [-0.1, -0.05) is 0 Å². The molecule has 2 unspecified atom stereocenters. The highest BCUT2D eigenvalue weighted by Gasteiger charge is 2.42. The fourth-order valence-corrected chi connectivity index (χ4v) is 3.78. The molecule has 2 atom stereocenters. The number of hydrogen-bond donors (Lipinski definition) is 0. The fraction of sp³-hybridized carbons (Fsp3) is 0.500. The van der Waals surface area contributed by atoms with Gasteiger partial charge in [-0.15, -0.1) is 0 Å². The molecule has 0 radical (unpaired) electrons. The minimum absolute atomic E-state index is 0.0239. The molecule has 39 heavy (non-hydrogen) atoms. The van der Waals surface area contributed by atoms with Crippen molar-refractivity contribution in [1.29, 1.82) is 0 Å². The van der Waals surface area contributed by atoms with E-state index in [2.05, 4.69) is 0 Å². The highest BCUT2D eigenvalue weighted by molar-refractivity contribution is 6.06. The van der Waals surface area contributed by atoms with E-state index >= 15 is 0 Å². The summed E-state index contributed by atoms with van der Waals surface area (Å²) in [5.41, 5.74) is 0.678. The normalized spacial score (nSPS) is 16.3. The van der Waals surface area contributed by atoms with Crippen molar-refractivity contribution >= 4 is 5.78 Å². The van der Waals surface area contributed by atoms with Crippen molar-refractivity contribution < 1.29 is 61.6 Å². The van der Waals surface area contributed by atoms with Gasteiger partial charge < -0.3 is 56.8 Å². The second kappa shape index (κ2) is 15.3. The summed E-state index contributed by atoms with van der Waals surface area (Å²) in [7, 11) is 8.82. The van der Waals surface area contributed by atoms with Gasteiger partial charge in [0.15, 0.2) is 57.7 Å². The standard InChI is InChI=1S/C26H34O13/c1-28-11-34-17-9-18(35-12-29-2)22-19(10-17)39-24(26(33-6)23(22)27)16-7-20(36-13-30-3)25(38-15-32-5)21(8-16)37-14-31-4/h7-10,24,26H,11-15H2,1-6H3. The molecule has 0 N–H and O–H groups in total. The maximum Gasteiger partial charge on any atom is 0.206 e. The maximum absolute atomic E-state index is 13.7. The third-order valence-electron chi connectivity index (χ3n) is 5.36. The van der Waals surface area contributed by atoms with E-state index in [-0.39, 0.29) is 74.1 Å². The summed E-state index contributed by atoms with van der Waals surface area (Å²) in [5, 5.41) is 0. The van der Waals surface area contributed by atoms with Crippen LogP contribution in [-0.2, 0) is 28.4 Å². The second-order valence-corrected chi connectivity index (χ2v) is 7.95. The number of methoxy groups -OCH3 is 6. The Labute approximate surface area is 226 Å². The number of benzene rings is 2. The molecule has 1 aliphatic rings. The van der Waals surface area contributed by atoms with Gasteiger partial charge in [-0.05, 0) is 12.1 Å². The molecule has 2 aromatic carbocycles. The van der Waals surface area contributed by atoms with Crippen LogP contribution in [-0.4, -0.2) is 88.5 Å². The van der Waals surface area contributed by atoms with Gasteiger partial charge in [-0.2, -0.15) is 0 Å². The molecule has 13 heteroatoms. The zero-order valence-corrected chi connectivity index (χ0v) is 22.8. The quantitative estimate of drug-likeness (QED) is 0.266. The van der Waals surface area contributed by atoms with Gasteiger partial charge in [-0.3, -0.25) is 4.79 Å². The third kappa shape index (κ3) is 7.41. The highest BCUT2D eigenvalue weighted by Crippen LogP contribution is 2.47. The SMILES string of the molecule is COCOc1cc(OCOC)c2c(c1)OC(c1cc(OCOC)c(OCOC)c(OCOC)c1)C(OC)C2=O. The summed E-state index contributed by atoms with van der Waals surface area (Å²) in [6.07, 6.45) is -1.97. The number of rotatable bonds is 17. The van der Waals surface area contributed by atoms with Crippen molar-refractivity contribution in [3.63, 3.8) is 0 Å². The van der Waals surface area contributed by atoms with Gasteiger partial charge in [0.2, 0.25) is 11.5 Å². The largest absolute Gasteiger partial charge is 0.481 e. The fourth-order valence-electron chi connectivity index (χ4n) is 3.78. The summed E-state index contributed by atoms with van der Waals surface area (Å²) >= 11 is 0. The van der Waals surface area contributed by atoms with Crippen LogP contribution in [0.15, 0.2) is 24.3 Å². The van der Waals surface area contributed by atoms with Crippen molar-refractivity contribution in [2.45, 2.75) is 12.2 Å². The van der Waals surface area contributed by atoms with Crippen molar-refractivity contribution in [3.8, 4) is 34.5 Å². The van der Waals surface area contributed by atoms with Crippen LogP contribution < -0.4 is 28.4 Å². The maximum atomic E-state index is 13.7. The predicted molar refractivity (Wildman–Crippen MR) is 134 cm³/mol. The van der Waals surface area contributed by atoms with Crippen LogP contribution in [0.4, 0.5) is 0 Å². The highest BCUT2D eigenvalue weighted by atomic mass is 16.7. The molecule has 0 bridgehead atoms. The first-order valence-electron chi connectivity index (χ1n) is 11.7. The van der Waals surface area contributed by atoms with E-state index in [9.17, 15) is 4.79 Å². The molecular weight excluding hydrogens is 520 g/mol. The molecule has 0 spiro atoms. The Morgan fingerprint density at radius 2 is 1.15 bits per heavy atom. The molecule has 0 aromatic heterocycles. The molecule has 3 rings (SSSR count). The van der Waals surface area contributed by atoms with Gasteiger partial charge in [0.25, 0.3) is 0 Å². The van der Waals surface area contributed by atoms with Crippen LogP contribution in [0, 0.1) is 0 Å². The van der Waals surface area contributed by atoms with E-state index < -0.39 is 12.2 Å². The Morgan fingerprint density at radius 1 is 0.641 bits per heavy atom. The molecule has 13 nitrogen and oxygen atoms in total. The Balaban J connectivity index is 2.12. The Hall–Kier alpha value is -3.33. The topological polar surface area (TPSA) is 128 Å². The first-order chi connectivity index (χ1) is 19.0. The molecule has 216 valence electrons. The molecule has 0 saturated carbocycles. The summed E-state index contributed by atoms with van der Waals surface area (Å²) < 4.78 is 65.7. The molecule has 1 heterocycles. The van der Waals surface area contributed by atoms with Crippen LogP contribution in [0.25, 0.3) is 0 Å². The number of ketones is 1. The molecule has 2 aromatic rings. The average Bonchev–Trinajstić information content (AvgIpc) is 2.95. The Bertz CT molecular complexity index is 1050. The number of hydrogen-bond acceptors (Lipinski definition) is 13. The van der Waals surface area contributed by atoms with Crippen molar-refractivity contribution in [2.75, 3.05) is 76.6 Å². The second-order valence-electron chi connectivity index (χ2n) is 7.95. The third-order valence-corrected chi connectivity index (χ3v) is 5.36. The number of carbonyl (C=O) groups is 1. The lowest BCUT2D eigenvalue weighted by Crippen LogP contribution is -2.38. The molecule has 0 fully saturated rings. The van der Waals surface area contributed by atoms with Crippen LogP contribution in [0.1, 0.15) is 22.0 Å². The number of fused-ring (bicyclic) bond motifs is 1. The van der Waals surface area contributed by atoms with E-state index in [0.29, 0.717) is 11.3 Å². The molecule has 0 saturated heterocycles. The Kier molecular flexibility index (Phi) is 11.9. The van der Waals surface area contributed by atoms with Crippen molar-refractivity contribution in [3.05, 3.63) is 35.4 Å². The van der Waals surface area contributed by atoms with E-state index in [0.717, 1.165) is 0 Å². The molecular formula is C26H34O13. The van der Waals surface area contributed by atoms with Crippen LogP contribution in [0.5, 0.6) is 34.5 Å². The van der Waals surface area contributed by atoms with Gasteiger partial charge in [-0.25, -0.2) is 0 Å². The first-order valence-corrected chi connectivity index (χ1v) is 11.7. The summed E-state index contributed by atoms with van der Waals surface area (Å²) in [5.74, 6) is 1.19. The van der Waals surface area contributed by atoms with E-state index in [4.69, 9.17) is 56.8 Å². The summed E-state index contributed by atoms with van der Waals surface area (Å²) in [4.78, 5) is 13.7. The zero-order chi connectivity index (χ0) is 28.2. The number of Topliss-reactive ketones (excluding diaryl/α,β-unsaturated/α-hetero) is 1. The number of ether oxygens (including phenoxy) is 12. The van der Waals surface area contributed by atoms with E-state index in [1.54, 1.807) is 24.3 Å². The summed E-state index contributed by atoms with van der Waals surface area (Å²) in [6, 6.07) is 6.42. The van der Waals surface area contributed by atoms with Crippen LogP contribution in [0.3, 0.4) is 0 Å². The van der Waals surface area contributed by atoms with Gasteiger partial charge >= 0.3 is 0 Å². The van der Waals surface area contributed by atoms with E-state index in [1.807, 2.05) is 0 Å². The van der Waals surface area contributed by atoms with Crippen molar-refractivity contribution in [1.82, 2.24) is 0 Å². The van der Waals surface area contributed by atoms with Gasteiger partial charge in [0, 0.05) is 60.4 Å². The minimum atomic E-state index is -1.05. The van der Waals surface area contributed by atoms with Gasteiger partial charge in [0.1, 0.15) is 22.8 Å². The molecule has 0 amide bonds. The van der Waals surface area contributed by atoms with Crippen LogP contribution >= 0.6 is 0 Å². The zero-order valence-electron chi connectivity index (χ0n) is 22.8. The smallest absolute Gasteiger partial charge is 0.206 e. The number of carbonyl (C=O) groups excluding carboxylic acids is 1. The monoisotopic (exact) mass is 554 g/mol. The van der Waals surface area contributed by atoms with Crippen molar-refractivity contribution in [2.24, 2.45) is 0 Å². The summed E-state index contributed by atoms with van der Waals surface area (Å²) in [6.45, 7) is -0.370. The average molecular weight is 555 g/mol. The lowest BCUT2D eigenvalue weighted by Gasteiger charge is -2.33. The van der Waals surface area contributed by atoms with Gasteiger partial charge in [0.05, 0.1) is 0 Å². The molecule has 0 aliphatic carbocycles. The van der Waals surface area contributed by atoms with E-state index in [1.165, 1.54) is 42.7 Å². The molecule has 1 aliphatic heterocycles. The lowest BCUT2D eigenvalue weighted by atomic mass is 9.92. The van der Waals surface area contributed by atoms with Crippen LogP contribution in [0.2, 0.25) is 0 Å². The minimum Gasteiger partial charge on any atom is -0.481 e. The predicted octanol–water partition coefficient (Wildman–Crippen LogP) is 2.93. The Morgan fingerprint density at radius 3 is 1.69 bits per heavy atom. The first kappa shape index (κ1) is 30.2.